The van der Waals surface area contributed by atoms with E-state index in [4.69, 9.17) is 17.2 Å². The van der Waals surface area contributed by atoms with Crippen molar-refractivity contribution in [3.8, 4) is 0 Å². The van der Waals surface area contributed by atoms with Crippen LogP contribution >= 0.6 is 0 Å². The number of aliphatic hydroxyl groups is 1. The van der Waals surface area contributed by atoms with Gasteiger partial charge in [-0.1, -0.05) is 38.5 Å². The summed E-state index contributed by atoms with van der Waals surface area (Å²) in [6, 6.07) is 2.60. The average Bonchev–Trinajstić information content (AvgIpc) is 3.33. The fraction of sp³-hybridized carbons (Fsp3) is 0.519. The first-order valence-electron chi connectivity index (χ1n) is 13.5. The van der Waals surface area contributed by atoms with Crippen molar-refractivity contribution < 1.29 is 29.4 Å². The van der Waals surface area contributed by atoms with Crippen molar-refractivity contribution in [2.45, 2.75) is 76.7 Å². The smallest absolute Gasteiger partial charge is 0.326 e. The number of guanidine groups is 1. The number of carbonyl (C=O) groups is 4. The number of aromatic amines is 1. The molecule has 1 aromatic heterocycles. The summed E-state index contributed by atoms with van der Waals surface area (Å²) in [7, 11) is 0. The number of fused-ring (bicyclic) bond motifs is 1. The first-order chi connectivity index (χ1) is 19.3. The fourth-order valence-corrected chi connectivity index (χ4v) is 4.19. The van der Waals surface area contributed by atoms with Crippen LogP contribution in [0.25, 0.3) is 10.9 Å². The van der Waals surface area contributed by atoms with E-state index in [0.29, 0.717) is 6.42 Å². The number of hydrogen-bond donors (Lipinski definition) is 9. The molecule has 0 fully saturated rings. The third-order valence-corrected chi connectivity index (χ3v) is 6.91. The van der Waals surface area contributed by atoms with E-state index in [1.165, 1.54) is 6.92 Å². The molecule has 6 atom stereocenters. The van der Waals surface area contributed by atoms with Crippen molar-refractivity contribution in [1.29, 1.82) is 0 Å². The van der Waals surface area contributed by atoms with Gasteiger partial charge in [0.25, 0.3) is 0 Å². The van der Waals surface area contributed by atoms with Crippen LogP contribution in [0.15, 0.2) is 35.5 Å². The number of benzene rings is 1. The fourth-order valence-electron chi connectivity index (χ4n) is 4.19. The van der Waals surface area contributed by atoms with Gasteiger partial charge in [-0.15, -0.1) is 0 Å². The van der Waals surface area contributed by atoms with Gasteiger partial charge in [-0.2, -0.15) is 0 Å². The molecule has 0 bridgehead atoms. The lowest BCUT2D eigenvalue weighted by Crippen LogP contribution is -2.60. The molecule has 14 heteroatoms. The summed E-state index contributed by atoms with van der Waals surface area (Å²) in [4.78, 5) is 58.1. The van der Waals surface area contributed by atoms with Gasteiger partial charge in [-0.05, 0) is 37.3 Å². The van der Waals surface area contributed by atoms with E-state index in [-0.39, 0.29) is 37.7 Å². The number of carbonyl (C=O) groups excluding carboxylic acids is 3. The van der Waals surface area contributed by atoms with Crippen LogP contribution in [0.5, 0.6) is 0 Å². The van der Waals surface area contributed by atoms with Gasteiger partial charge < -0.3 is 48.3 Å². The first kappa shape index (κ1) is 33.0. The number of nitrogens with zero attached hydrogens (tertiary/aromatic N) is 1. The van der Waals surface area contributed by atoms with Gasteiger partial charge in [0.1, 0.15) is 18.1 Å². The normalized spacial score (nSPS) is 15.5. The number of para-hydroxylation sites is 1. The quantitative estimate of drug-likeness (QED) is 0.0680. The lowest BCUT2D eigenvalue weighted by molar-refractivity contribution is -0.143. The molecule has 2 aromatic rings. The molecular formula is C27H42N8O6. The molecule has 0 radical (unpaired) electrons. The molecule has 3 amide bonds. The van der Waals surface area contributed by atoms with Crippen LogP contribution in [0.1, 0.15) is 45.6 Å². The van der Waals surface area contributed by atoms with Crippen molar-refractivity contribution in [3.63, 3.8) is 0 Å². The lowest BCUT2D eigenvalue weighted by atomic mass is 9.98. The van der Waals surface area contributed by atoms with Crippen LogP contribution < -0.4 is 33.2 Å². The van der Waals surface area contributed by atoms with E-state index >= 15 is 0 Å². The Morgan fingerprint density at radius 1 is 1.00 bits per heavy atom. The molecule has 14 nitrogen and oxygen atoms in total. The van der Waals surface area contributed by atoms with Crippen LogP contribution in [0.2, 0.25) is 0 Å². The number of hydrogen-bond acceptors (Lipinski definition) is 7. The van der Waals surface area contributed by atoms with Gasteiger partial charge >= 0.3 is 5.97 Å². The van der Waals surface area contributed by atoms with Gasteiger partial charge in [0.15, 0.2) is 5.96 Å². The van der Waals surface area contributed by atoms with E-state index in [2.05, 4.69) is 25.9 Å². The van der Waals surface area contributed by atoms with Crippen LogP contribution in [0, 0.1) is 5.92 Å². The average molecular weight is 575 g/mol. The number of nitrogens with two attached hydrogens (primary N) is 3. The summed E-state index contributed by atoms with van der Waals surface area (Å²) in [5.74, 6) is -3.79. The Balaban J connectivity index is 2.24. The van der Waals surface area contributed by atoms with Gasteiger partial charge in [0.05, 0.1) is 12.1 Å². The highest BCUT2D eigenvalue weighted by Gasteiger charge is 2.33. The second-order valence-corrected chi connectivity index (χ2v) is 10.1. The molecule has 41 heavy (non-hydrogen) atoms. The topological polar surface area (TPSA) is 251 Å². The van der Waals surface area contributed by atoms with Gasteiger partial charge in [0, 0.05) is 30.1 Å². The number of H-pyrrole nitrogens is 1. The largest absolute Gasteiger partial charge is 0.480 e. The molecule has 0 saturated heterocycles. The maximum absolute atomic E-state index is 13.5. The van der Waals surface area contributed by atoms with Gasteiger partial charge in [0.2, 0.25) is 17.7 Å². The van der Waals surface area contributed by atoms with Crippen LogP contribution in [0.4, 0.5) is 0 Å². The monoisotopic (exact) mass is 574 g/mol. The number of rotatable bonds is 16. The molecule has 1 aromatic carbocycles. The van der Waals surface area contributed by atoms with E-state index in [9.17, 15) is 29.4 Å². The van der Waals surface area contributed by atoms with E-state index < -0.39 is 54.0 Å². The van der Waals surface area contributed by atoms with Crippen molar-refractivity contribution in [2.24, 2.45) is 28.1 Å². The van der Waals surface area contributed by atoms with Crippen LogP contribution in [-0.4, -0.2) is 81.7 Å². The predicted molar refractivity (Wildman–Crippen MR) is 154 cm³/mol. The van der Waals surface area contributed by atoms with Crippen molar-refractivity contribution in [2.75, 3.05) is 6.54 Å². The number of carboxylic acids is 1. The number of aromatic nitrogens is 1. The predicted octanol–water partition coefficient (Wildman–Crippen LogP) is -0.943. The van der Waals surface area contributed by atoms with Crippen molar-refractivity contribution >= 4 is 40.6 Å². The third kappa shape index (κ3) is 9.76. The van der Waals surface area contributed by atoms with Gasteiger partial charge in [-0.25, -0.2) is 4.79 Å². The zero-order valence-corrected chi connectivity index (χ0v) is 23.6. The molecule has 0 aliphatic heterocycles. The zero-order valence-electron chi connectivity index (χ0n) is 23.6. The highest BCUT2D eigenvalue weighted by Crippen LogP contribution is 2.19. The Labute approximate surface area is 238 Å². The molecule has 0 aliphatic rings. The van der Waals surface area contributed by atoms with E-state index in [1.54, 1.807) is 6.20 Å². The first-order valence-corrected chi connectivity index (χ1v) is 13.5. The molecular weight excluding hydrogens is 532 g/mol. The third-order valence-electron chi connectivity index (χ3n) is 6.91. The second kappa shape index (κ2) is 15.6. The molecule has 226 valence electrons. The molecule has 0 spiro atoms. The minimum absolute atomic E-state index is 0.00504. The maximum Gasteiger partial charge on any atom is 0.326 e. The molecule has 6 unspecified atom stereocenters. The lowest BCUT2D eigenvalue weighted by Gasteiger charge is -2.27. The molecule has 0 saturated carbocycles. The molecule has 2 rings (SSSR count). The summed E-state index contributed by atoms with van der Waals surface area (Å²) in [6.45, 7) is 5.16. The van der Waals surface area contributed by atoms with Crippen molar-refractivity contribution in [1.82, 2.24) is 20.9 Å². The minimum Gasteiger partial charge on any atom is -0.480 e. The summed E-state index contributed by atoms with van der Waals surface area (Å²) in [5, 5.41) is 28.2. The number of aliphatic imine (C=N–C) groups is 1. The van der Waals surface area contributed by atoms with E-state index in [1.807, 2.05) is 38.1 Å². The Bertz CT molecular complexity index is 1230. The second-order valence-electron chi connectivity index (χ2n) is 10.1. The standard InChI is InChI=1S/C27H42N8O6/c1-4-14(2)21(28)24(38)34-20(12-16-13-32-18-9-6-5-8-17(16)18)23(37)35-22(15(3)36)25(39)33-19(26(40)41)10-7-11-31-27(29)30/h5-6,8-9,13-15,19-22,32,36H,4,7,10-12,28H2,1-3H3,(H,33,39)(H,34,38)(H,35,37)(H,40,41)(H4,29,30,31). The molecule has 12 N–H and O–H groups in total. The van der Waals surface area contributed by atoms with E-state index in [0.717, 1.165) is 16.5 Å². The highest BCUT2D eigenvalue weighted by molar-refractivity contribution is 5.95. The Morgan fingerprint density at radius 2 is 1.66 bits per heavy atom. The maximum atomic E-state index is 13.5. The molecule has 0 aliphatic carbocycles. The number of nitrogens with one attached hydrogen (secondary N) is 4. The Morgan fingerprint density at radius 3 is 2.27 bits per heavy atom. The Hall–Kier alpha value is -4.17. The Kier molecular flexibility index (Phi) is 12.5. The van der Waals surface area contributed by atoms with Crippen LogP contribution in [0.3, 0.4) is 0 Å². The summed E-state index contributed by atoms with van der Waals surface area (Å²) < 4.78 is 0. The van der Waals surface area contributed by atoms with Crippen molar-refractivity contribution in [3.05, 3.63) is 36.0 Å². The number of carboxylic acid groups (broad SMARTS) is 1. The summed E-state index contributed by atoms with van der Waals surface area (Å²) in [5.41, 5.74) is 18.2. The zero-order chi connectivity index (χ0) is 30.7. The SMILES string of the molecule is CCC(C)C(N)C(=O)NC(Cc1c[nH]c2ccccc12)C(=O)NC(C(=O)NC(CCCN=C(N)N)C(=O)O)C(C)O. The summed E-state index contributed by atoms with van der Waals surface area (Å²) >= 11 is 0. The number of aliphatic carboxylic acids is 1. The highest BCUT2D eigenvalue weighted by atomic mass is 16.4. The van der Waals surface area contributed by atoms with Gasteiger partial charge in [-0.3, -0.25) is 19.4 Å². The minimum atomic E-state index is -1.51. The number of aliphatic hydroxyl groups excluding tert-OH is 1. The molecule has 1 heterocycles. The summed E-state index contributed by atoms with van der Waals surface area (Å²) in [6.07, 6.45) is 1.31. The van der Waals surface area contributed by atoms with Crippen LogP contribution in [-0.2, 0) is 25.6 Å². The number of amides is 3.